The van der Waals surface area contributed by atoms with E-state index in [4.69, 9.17) is 0 Å². The van der Waals surface area contributed by atoms with Gasteiger partial charge in [-0.2, -0.15) is 0 Å². The van der Waals surface area contributed by atoms with Crippen LogP contribution in [0, 0.1) is 0 Å². The number of carbonyl (C=O) groups is 2. The van der Waals surface area contributed by atoms with E-state index in [1.165, 1.54) is 0 Å². The normalized spacial score (nSPS) is 31.2. The second kappa shape index (κ2) is 2.74. The average Bonchev–Trinajstić information content (AvgIpc) is 2.58. The molecule has 0 radical (unpaired) electrons. The lowest BCUT2D eigenvalue weighted by Crippen LogP contribution is -2.76. The second-order valence-corrected chi connectivity index (χ2v) is 5.13. The maximum Gasteiger partial charge on any atom is 0.246 e. The van der Waals surface area contributed by atoms with Crippen molar-refractivity contribution in [3.05, 3.63) is 0 Å². The Kier molecular flexibility index (Phi) is 1.68. The smallest absolute Gasteiger partial charge is 0.246 e. The minimum atomic E-state index is -0.558. The van der Waals surface area contributed by atoms with Gasteiger partial charge in [-0.05, 0) is 32.1 Å². The molecule has 2 N–H and O–H groups in total. The Balaban J connectivity index is 1.87. The summed E-state index contributed by atoms with van der Waals surface area (Å²) < 4.78 is 0. The predicted molar refractivity (Wildman–Crippen MR) is 54.1 cm³/mol. The molecule has 3 fully saturated rings. The van der Waals surface area contributed by atoms with Crippen LogP contribution in [-0.4, -0.2) is 22.9 Å². The van der Waals surface area contributed by atoms with Crippen molar-refractivity contribution >= 4 is 11.8 Å². The lowest BCUT2D eigenvalue weighted by Gasteiger charge is -2.49. The van der Waals surface area contributed by atoms with Crippen LogP contribution in [-0.2, 0) is 9.59 Å². The molecule has 0 aromatic heterocycles. The molecule has 82 valence electrons. The molecule has 0 aromatic carbocycles. The van der Waals surface area contributed by atoms with Gasteiger partial charge in [-0.3, -0.25) is 9.59 Å². The van der Waals surface area contributed by atoms with Crippen LogP contribution in [0.1, 0.15) is 44.9 Å². The van der Waals surface area contributed by atoms with Gasteiger partial charge in [-0.25, -0.2) is 0 Å². The molecule has 3 rings (SSSR count). The fraction of sp³-hybridized carbons (Fsp3) is 0.818. The summed E-state index contributed by atoms with van der Waals surface area (Å²) in [5.74, 6) is 0.106. The average molecular weight is 208 g/mol. The zero-order chi connectivity index (χ0) is 10.5. The molecule has 2 saturated carbocycles. The first kappa shape index (κ1) is 9.19. The molecule has 0 atom stereocenters. The van der Waals surface area contributed by atoms with Crippen LogP contribution < -0.4 is 10.6 Å². The summed E-state index contributed by atoms with van der Waals surface area (Å²) >= 11 is 0. The number of nitrogens with one attached hydrogen (secondary N) is 2. The molecule has 1 heterocycles. The monoisotopic (exact) mass is 208 g/mol. The SMILES string of the molecule is O=C1NC2(CCC2)C(=O)NC12CCCC2. The number of rotatable bonds is 0. The van der Waals surface area contributed by atoms with Gasteiger partial charge in [0.25, 0.3) is 0 Å². The van der Waals surface area contributed by atoms with Crippen LogP contribution in [0.5, 0.6) is 0 Å². The minimum Gasteiger partial charge on any atom is -0.340 e. The summed E-state index contributed by atoms with van der Waals surface area (Å²) in [5.41, 5.74) is -1.09. The van der Waals surface area contributed by atoms with Gasteiger partial charge in [0.05, 0.1) is 0 Å². The maximum atomic E-state index is 12.0. The Morgan fingerprint density at radius 3 is 1.47 bits per heavy atom. The molecule has 2 aliphatic carbocycles. The Bertz CT molecular complexity index is 327. The van der Waals surface area contributed by atoms with Crippen molar-refractivity contribution in [2.45, 2.75) is 56.0 Å². The first-order valence-corrected chi connectivity index (χ1v) is 5.82. The van der Waals surface area contributed by atoms with Gasteiger partial charge in [-0.15, -0.1) is 0 Å². The van der Waals surface area contributed by atoms with Crippen LogP contribution in [0.3, 0.4) is 0 Å². The van der Waals surface area contributed by atoms with Gasteiger partial charge < -0.3 is 10.6 Å². The lowest BCUT2D eigenvalue weighted by molar-refractivity contribution is -0.149. The molecule has 0 bridgehead atoms. The Morgan fingerprint density at radius 2 is 1.13 bits per heavy atom. The quantitative estimate of drug-likeness (QED) is 0.608. The second-order valence-electron chi connectivity index (χ2n) is 5.13. The zero-order valence-corrected chi connectivity index (χ0v) is 8.77. The summed E-state index contributed by atoms with van der Waals surface area (Å²) in [7, 11) is 0. The summed E-state index contributed by atoms with van der Waals surface area (Å²) in [6.45, 7) is 0. The van der Waals surface area contributed by atoms with Gasteiger partial charge in [0.1, 0.15) is 11.1 Å². The van der Waals surface area contributed by atoms with E-state index in [0.717, 1.165) is 44.9 Å². The van der Waals surface area contributed by atoms with Gasteiger partial charge in [-0.1, -0.05) is 12.8 Å². The molecule has 2 spiro atoms. The van der Waals surface area contributed by atoms with E-state index in [1.807, 2.05) is 0 Å². The van der Waals surface area contributed by atoms with Crippen molar-refractivity contribution in [3.8, 4) is 0 Å². The molecule has 3 aliphatic rings. The molecule has 1 saturated heterocycles. The van der Waals surface area contributed by atoms with Crippen LogP contribution in [0.15, 0.2) is 0 Å². The Morgan fingerprint density at radius 1 is 0.733 bits per heavy atom. The molecule has 1 aliphatic heterocycles. The molecule has 2 amide bonds. The summed E-state index contributed by atoms with van der Waals surface area (Å²) in [5, 5.41) is 5.94. The number of hydrogen-bond acceptors (Lipinski definition) is 2. The minimum absolute atomic E-state index is 0.0512. The van der Waals surface area contributed by atoms with Crippen LogP contribution >= 0.6 is 0 Å². The van der Waals surface area contributed by atoms with E-state index < -0.39 is 11.1 Å². The van der Waals surface area contributed by atoms with Gasteiger partial charge in [0.2, 0.25) is 11.8 Å². The molecular weight excluding hydrogens is 192 g/mol. The Labute approximate surface area is 88.8 Å². The Hall–Kier alpha value is -1.06. The van der Waals surface area contributed by atoms with Crippen molar-refractivity contribution in [3.63, 3.8) is 0 Å². The van der Waals surface area contributed by atoms with E-state index in [0.29, 0.717) is 0 Å². The van der Waals surface area contributed by atoms with Crippen molar-refractivity contribution < 1.29 is 9.59 Å². The molecule has 0 aromatic rings. The largest absolute Gasteiger partial charge is 0.340 e. The van der Waals surface area contributed by atoms with Crippen molar-refractivity contribution in [1.82, 2.24) is 10.6 Å². The van der Waals surface area contributed by atoms with E-state index in [1.54, 1.807) is 0 Å². The van der Waals surface area contributed by atoms with Crippen molar-refractivity contribution in [2.24, 2.45) is 0 Å². The number of piperazine rings is 1. The van der Waals surface area contributed by atoms with Crippen LogP contribution in [0.25, 0.3) is 0 Å². The van der Waals surface area contributed by atoms with Gasteiger partial charge in [0.15, 0.2) is 0 Å². The highest BCUT2D eigenvalue weighted by Crippen LogP contribution is 2.39. The fourth-order valence-electron chi connectivity index (χ4n) is 3.00. The third-order valence-electron chi connectivity index (χ3n) is 4.24. The van der Waals surface area contributed by atoms with Crippen molar-refractivity contribution in [1.29, 1.82) is 0 Å². The van der Waals surface area contributed by atoms with E-state index in [9.17, 15) is 9.59 Å². The summed E-state index contributed by atoms with van der Waals surface area (Å²) in [6.07, 6.45) is 6.35. The molecule has 15 heavy (non-hydrogen) atoms. The third kappa shape index (κ3) is 1.08. The number of hydrogen-bond donors (Lipinski definition) is 2. The predicted octanol–water partition coefficient (Wildman–Crippen LogP) is 0.468. The van der Waals surface area contributed by atoms with Crippen molar-refractivity contribution in [2.75, 3.05) is 0 Å². The molecule has 0 unspecified atom stereocenters. The highest BCUT2D eigenvalue weighted by Gasteiger charge is 2.56. The third-order valence-corrected chi connectivity index (χ3v) is 4.24. The standard InChI is InChI=1S/C11H16N2O2/c14-8-10(4-1-2-5-10)12-9(15)11(13-8)6-3-7-11/h1-7H2,(H,12,15)(H,13,14). The van der Waals surface area contributed by atoms with E-state index in [-0.39, 0.29) is 11.8 Å². The van der Waals surface area contributed by atoms with Gasteiger partial charge in [0, 0.05) is 0 Å². The molecule has 4 nitrogen and oxygen atoms in total. The maximum absolute atomic E-state index is 12.0. The summed E-state index contributed by atoms with van der Waals surface area (Å²) in [4.78, 5) is 24.0. The first-order valence-electron chi connectivity index (χ1n) is 5.82. The lowest BCUT2D eigenvalue weighted by atomic mass is 9.72. The number of amides is 2. The topological polar surface area (TPSA) is 58.2 Å². The number of carbonyl (C=O) groups excluding carboxylic acids is 2. The zero-order valence-electron chi connectivity index (χ0n) is 8.77. The van der Waals surface area contributed by atoms with E-state index in [2.05, 4.69) is 10.6 Å². The highest BCUT2D eigenvalue weighted by molar-refractivity contribution is 6.03. The fourth-order valence-corrected chi connectivity index (χ4v) is 3.00. The highest BCUT2D eigenvalue weighted by atomic mass is 16.2. The molecule has 4 heteroatoms. The molecular formula is C11H16N2O2. The van der Waals surface area contributed by atoms with E-state index >= 15 is 0 Å². The van der Waals surface area contributed by atoms with Crippen LogP contribution in [0.4, 0.5) is 0 Å². The first-order chi connectivity index (χ1) is 7.17. The van der Waals surface area contributed by atoms with Gasteiger partial charge >= 0.3 is 0 Å². The van der Waals surface area contributed by atoms with Crippen LogP contribution in [0.2, 0.25) is 0 Å². The summed E-state index contributed by atoms with van der Waals surface area (Å²) in [6, 6.07) is 0.